The number of methoxy groups -OCH3 is 1. The zero-order valence-corrected chi connectivity index (χ0v) is 20.6. The van der Waals surface area contributed by atoms with Gasteiger partial charge in [0.2, 0.25) is 5.95 Å². The highest BCUT2D eigenvalue weighted by Gasteiger charge is 2.31. The van der Waals surface area contributed by atoms with Crippen LogP contribution in [-0.2, 0) is 0 Å². The number of ether oxygens (including phenoxy) is 1. The Bertz CT molecular complexity index is 1400. The number of nitrogens with two attached hydrogens (primary N) is 1. The first-order valence-corrected chi connectivity index (χ1v) is 11.8. The van der Waals surface area contributed by atoms with Crippen LogP contribution in [0.5, 0.6) is 5.75 Å². The SMILES string of the molecule is COc1cc(F)cc2c1nc(N)n1nc(C3CC(C)CN(c4cnn(C(C)C(C)O)c4C)C3)nc21. The van der Waals surface area contributed by atoms with Gasteiger partial charge in [-0.2, -0.15) is 9.61 Å². The fourth-order valence-electron chi connectivity index (χ4n) is 5.09. The number of fused-ring (bicyclic) bond motifs is 3. The average molecular weight is 483 g/mol. The summed E-state index contributed by atoms with van der Waals surface area (Å²) < 4.78 is 22.9. The minimum absolute atomic E-state index is 0.0421. The van der Waals surface area contributed by atoms with Gasteiger partial charge in [-0.15, -0.1) is 5.10 Å². The molecule has 1 fully saturated rings. The van der Waals surface area contributed by atoms with E-state index >= 15 is 0 Å². The summed E-state index contributed by atoms with van der Waals surface area (Å²) in [5.74, 6) is 1.11. The molecule has 1 aliphatic rings. The summed E-state index contributed by atoms with van der Waals surface area (Å²) in [6.07, 6.45) is 2.27. The Labute approximate surface area is 202 Å². The van der Waals surface area contributed by atoms with Gasteiger partial charge in [0, 0.05) is 25.1 Å². The Kier molecular flexibility index (Phi) is 5.74. The molecule has 186 valence electrons. The van der Waals surface area contributed by atoms with Crippen LogP contribution in [0.3, 0.4) is 0 Å². The standard InChI is InChI=1S/C24H31FN8O2/c1-12-6-16(11-31(10-12)19-9-27-32(14(19)3)13(2)15(4)34)22-29-23-18-7-17(25)8-20(35-5)21(18)28-24(26)33(23)30-22/h7-9,12-13,15-16,34H,6,10-11H2,1-5H3,(H2,26,28). The van der Waals surface area contributed by atoms with Crippen LogP contribution in [0.15, 0.2) is 18.3 Å². The van der Waals surface area contributed by atoms with Crippen molar-refractivity contribution in [2.45, 2.75) is 52.2 Å². The molecule has 4 aromatic rings. The zero-order valence-electron chi connectivity index (χ0n) is 20.6. The molecule has 0 spiro atoms. The van der Waals surface area contributed by atoms with Crippen molar-refractivity contribution < 1.29 is 14.2 Å². The van der Waals surface area contributed by atoms with Gasteiger partial charge in [0.1, 0.15) is 17.1 Å². The Balaban J connectivity index is 1.53. The normalized spacial score (nSPS) is 20.5. The first-order valence-electron chi connectivity index (χ1n) is 11.8. The first kappa shape index (κ1) is 23.3. The van der Waals surface area contributed by atoms with E-state index in [0.29, 0.717) is 40.6 Å². The number of aliphatic hydroxyl groups is 1. The fraction of sp³-hybridized carbons (Fsp3) is 0.500. The number of anilines is 2. The smallest absolute Gasteiger partial charge is 0.223 e. The molecule has 1 saturated heterocycles. The predicted molar refractivity (Wildman–Crippen MR) is 131 cm³/mol. The molecule has 0 aliphatic carbocycles. The Morgan fingerprint density at radius 2 is 2.00 bits per heavy atom. The molecule has 5 rings (SSSR count). The summed E-state index contributed by atoms with van der Waals surface area (Å²) in [5, 5.41) is 19.8. The molecule has 35 heavy (non-hydrogen) atoms. The number of aliphatic hydroxyl groups excluding tert-OH is 1. The highest BCUT2D eigenvalue weighted by molar-refractivity contribution is 5.95. The number of aromatic nitrogens is 6. The van der Waals surface area contributed by atoms with Gasteiger partial charge in [-0.3, -0.25) is 4.68 Å². The van der Waals surface area contributed by atoms with Crippen molar-refractivity contribution in [3.8, 4) is 5.75 Å². The van der Waals surface area contributed by atoms with E-state index in [1.807, 2.05) is 24.7 Å². The second-order valence-electron chi connectivity index (χ2n) is 9.66. The minimum Gasteiger partial charge on any atom is -0.494 e. The van der Waals surface area contributed by atoms with Crippen LogP contribution in [0.1, 0.15) is 50.7 Å². The Hall–Kier alpha value is -3.47. The van der Waals surface area contributed by atoms with Crippen molar-refractivity contribution in [2.24, 2.45) is 5.92 Å². The number of rotatable bonds is 5. The maximum atomic E-state index is 14.3. The van der Waals surface area contributed by atoms with Gasteiger partial charge in [0.05, 0.1) is 42.2 Å². The Morgan fingerprint density at radius 1 is 1.23 bits per heavy atom. The summed E-state index contributed by atoms with van der Waals surface area (Å²) in [6, 6.07) is 2.54. The van der Waals surface area contributed by atoms with Gasteiger partial charge in [-0.05, 0) is 39.2 Å². The molecule has 1 aromatic carbocycles. The molecule has 4 atom stereocenters. The van der Waals surface area contributed by atoms with Crippen molar-refractivity contribution in [3.05, 3.63) is 35.7 Å². The van der Waals surface area contributed by atoms with Gasteiger partial charge in [0.25, 0.3) is 0 Å². The van der Waals surface area contributed by atoms with E-state index in [2.05, 4.69) is 27.0 Å². The number of nitrogens with zero attached hydrogens (tertiary/aromatic N) is 7. The summed E-state index contributed by atoms with van der Waals surface area (Å²) in [5.41, 5.74) is 9.16. The lowest BCUT2D eigenvalue weighted by molar-refractivity contribution is 0.131. The van der Waals surface area contributed by atoms with Crippen molar-refractivity contribution in [1.29, 1.82) is 0 Å². The van der Waals surface area contributed by atoms with Crippen LogP contribution >= 0.6 is 0 Å². The monoisotopic (exact) mass is 482 g/mol. The number of hydrogen-bond donors (Lipinski definition) is 2. The zero-order chi connectivity index (χ0) is 25.0. The third-order valence-corrected chi connectivity index (χ3v) is 7.04. The number of piperidine rings is 1. The largest absolute Gasteiger partial charge is 0.494 e. The van der Waals surface area contributed by atoms with Crippen molar-refractivity contribution in [1.82, 2.24) is 29.4 Å². The number of benzene rings is 1. The summed E-state index contributed by atoms with van der Waals surface area (Å²) >= 11 is 0. The van der Waals surface area contributed by atoms with Crippen molar-refractivity contribution in [3.63, 3.8) is 0 Å². The fourth-order valence-corrected chi connectivity index (χ4v) is 5.09. The third-order valence-electron chi connectivity index (χ3n) is 7.04. The molecule has 0 saturated carbocycles. The van der Waals surface area contributed by atoms with E-state index in [1.54, 1.807) is 6.92 Å². The molecule has 4 heterocycles. The summed E-state index contributed by atoms with van der Waals surface area (Å²) in [7, 11) is 1.47. The van der Waals surface area contributed by atoms with Gasteiger partial charge >= 0.3 is 0 Å². The topological polar surface area (TPSA) is 120 Å². The maximum absolute atomic E-state index is 14.3. The van der Waals surface area contributed by atoms with Crippen molar-refractivity contribution in [2.75, 3.05) is 30.8 Å². The molecule has 0 bridgehead atoms. The number of hydrogen-bond acceptors (Lipinski definition) is 8. The lowest BCUT2D eigenvalue weighted by atomic mass is 9.89. The lowest BCUT2D eigenvalue weighted by Gasteiger charge is -2.36. The molecule has 10 nitrogen and oxygen atoms in total. The highest BCUT2D eigenvalue weighted by Crippen LogP contribution is 2.35. The van der Waals surface area contributed by atoms with E-state index in [4.69, 9.17) is 15.5 Å². The molecule has 11 heteroatoms. The van der Waals surface area contributed by atoms with E-state index in [1.165, 1.54) is 23.8 Å². The average Bonchev–Trinajstić information content (AvgIpc) is 3.43. The first-order chi connectivity index (χ1) is 16.7. The van der Waals surface area contributed by atoms with Crippen LogP contribution in [0, 0.1) is 18.7 Å². The molecule has 1 aliphatic heterocycles. The Morgan fingerprint density at radius 3 is 2.71 bits per heavy atom. The van der Waals surface area contributed by atoms with Gasteiger partial charge in [-0.25, -0.2) is 14.4 Å². The molecule has 4 unspecified atom stereocenters. The van der Waals surface area contributed by atoms with E-state index in [-0.39, 0.29) is 17.9 Å². The van der Waals surface area contributed by atoms with Gasteiger partial charge < -0.3 is 20.5 Å². The van der Waals surface area contributed by atoms with E-state index < -0.39 is 11.9 Å². The van der Waals surface area contributed by atoms with Crippen LogP contribution < -0.4 is 15.4 Å². The summed E-state index contributed by atoms with van der Waals surface area (Å²) in [4.78, 5) is 11.5. The van der Waals surface area contributed by atoms with Crippen LogP contribution in [0.4, 0.5) is 16.0 Å². The van der Waals surface area contributed by atoms with Gasteiger partial charge in [-0.1, -0.05) is 6.92 Å². The summed E-state index contributed by atoms with van der Waals surface area (Å²) in [6.45, 7) is 9.55. The van der Waals surface area contributed by atoms with Gasteiger partial charge in [0.15, 0.2) is 11.5 Å². The maximum Gasteiger partial charge on any atom is 0.223 e. The number of nitrogen functional groups attached to an aromatic ring is 1. The van der Waals surface area contributed by atoms with Crippen LogP contribution in [0.2, 0.25) is 0 Å². The van der Waals surface area contributed by atoms with Crippen molar-refractivity contribution >= 4 is 28.2 Å². The second-order valence-corrected chi connectivity index (χ2v) is 9.66. The third kappa shape index (κ3) is 3.93. The molecule has 0 amide bonds. The van der Waals surface area contributed by atoms with E-state index in [0.717, 1.165) is 24.3 Å². The van der Waals surface area contributed by atoms with Crippen LogP contribution in [-0.4, -0.2) is 60.8 Å². The molecule has 0 radical (unpaired) electrons. The predicted octanol–water partition coefficient (Wildman–Crippen LogP) is 3.08. The highest BCUT2D eigenvalue weighted by atomic mass is 19.1. The number of halogens is 1. The minimum atomic E-state index is -0.506. The molecule has 3 aromatic heterocycles. The second kappa shape index (κ2) is 8.63. The van der Waals surface area contributed by atoms with E-state index in [9.17, 15) is 9.50 Å². The molecular weight excluding hydrogens is 451 g/mol. The lowest BCUT2D eigenvalue weighted by Crippen LogP contribution is -2.39. The van der Waals surface area contributed by atoms with Crippen LogP contribution in [0.25, 0.3) is 16.6 Å². The molecular formula is C24H31FN8O2. The quantitative estimate of drug-likeness (QED) is 0.445. The molecule has 3 N–H and O–H groups in total.